The van der Waals surface area contributed by atoms with E-state index in [-0.39, 0.29) is 31.1 Å². The molecule has 0 aliphatic carbocycles. The number of benzene rings is 1. The van der Waals surface area contributed by atoms with E-state index in [1.807, 2.05) is 0 Å². The van der Waals surface area contributed by atoms with Gasteiger partial charge in [0.1, 0.15) is 17.4 Å². The molecule has 2 aliphatic heterocycles. The van der Waals surface area contributed by atoms with Crippen molar-refractivity contribution in [2.75, 3.05) is 35.2 Å². The molecule has 0 spiro atoms. The van der Waals surface area contributed by atoms with Crippen LogP contribution in [0.1, 0.15) is 20.8 Å². The Kier molecular flexibility index (Phi) is 6.12. The molecule has 1 unspecified atom stereocenters. The lowest BCUT2D eigenvalue weighted by atomic mass is 10.2. The van der Waals surface area contributed by atoms with Gasteiger partial charge in [-0.2, -0.15) is 0 Å². The minimum atomic E-state index is -3.38. The number of sulfone groups is 1. The molecule has 1 saturated heterocycles. The average molecular weight is 459 g/mol. The van der Waals surface area contributed by atoms with Crippen molar-refractivity contribution in [3.63, 3.8) is 0 Å². The maximum atomic E-state index is 14.7. The van der Waals surface area contributed by atoms with Crippen LogP contribution in [0, 0.1) is 11.6 Å². The van der Waals surface area contributed by atoms with Crippen LogP contribution in [-0.2, 0) is 19.3 Å². The Morgan fingerprint density at radius 2 is 1.94 bits per heavy atom. The van der Waals surface area contributed by atoms with E-state index < -0.39 is 51.1 Å². The fourth-order valence-electron chi connectivity index (χ4n) is 3.05. The fraction of sp³-hybridized carbons (Fsp3) is 0.474. The molecule has 2 amide bonds. The van der Waals surface area contributed by atoms with Gasteiger partial charge in [0.2, 0.25) is 0 Å². The molecule has 170 valence electrons. The monoisotopic (exact) mass is 459 g/mol. The van der Waals surface area contributed by atoms with Crippen LogP contribution in [0.4, 0.5) is 29.7 Å². The first-order valence-electron chi connectivity index (χ1n) is 9.46. The summed E-state index contributed by atoms with van der Waals surface area (Å²) in [5.74, 6) is -2.18. The Bertz CT molecular complexity index is 999. The zero-order valence-electron chi connectivity index (χ0n) is 17.2. The predicted molar refractivity (Wildman–Crippen MR) is 108 cm³/mol. The molecule has 1 N–H and O–H groups in total. The van der Waals surface area contributed by atoms with E-state index in [2.05, 4.69) is 5.32 Å². The topological polar surface area (TPSA) is 105 Å². The van der Waals surface area contributed by atoms with Crippen molar-refractivity contribution in [2.24, 2.45) is 0 Å². The van der Waals surface area contributed by atoms with Gasteiger partial charge in [0.25, 0.3) is 0 Å². The Hall–Kier alpha value is -2.89. The zero-order chi connectivity index (χ0) is 23.0. The lowest BCUT2D eigenvalue weighted by Gasteiger charge is -2.25. The lowest BCUT2D eigenvalue weighted by molar-refractivity contribution is 0.0496. The number of nitrogens with zero attached hydrogens (tertiary/aromatic N) is 2. The van der Waals surface area contributed by atoms with Crippen molar-refractivity contribution >= 4 is 33.4 Å². The largest absolute Gasteiger partial charge is 0.444 e. The third kappa shape index (κ3) is 5.63. The van der Waals surface area contributed by atoms with E-state index in [9.17, 15) is 26.8 Å². The Morgan fingerprint density at radius 1 is 1.29 bits per heavy atom. The van der Waals surface area contributed by atoms with E-state index in [1.54, 1.807) is 20.8 Å². The maximum Gasteiger partial charge on any atom is 0.414 e. The number of anilines is 2. The van der Waals surface area contributed by atoms with Crippen molar-refractivity contribution in [3.05, 3.63) is 35.4 Å². The number of cyclic esters (lactones) is 1. The van der Waals surface area contributed by atoms with Gasteiger partial charge in [-0.1, -0.05) is 0 Å². The first-order chi connectivity index (χ1) is 14.3. The predicted octanol–water partition coefficient (Wildman–Crippen LogP) is 2.52. The highest BCUT2D eigenvalue weighted by Gasteiger charge is 2.34. The van der Waals surface area contributed by atoms with Crippen molar-refractivity contribution in [1.82, 2.24) is 5.32 Å². The van der Waals surface area contributed by atoms with Crippen molar-refractivity contribution in [2.45, 2.75) is 32.5 Å². The summed E-state index contributed by atoms with van der Waals surface area (Å²) in [5.41, 5.74) is -1.16. The molecular formula is C19H23F2N3O6S. The molecule has 2 heterocycles. The second-order valence-corrected chi connectivity index (χ2v) is 10.1. The number of hydrogen-bond acceptors (Lipinski definition) is 7. The fourth-order valence-corrected chi connectivity index (χ4v) is 3.97. The standard InChI is InChI=1S/C19H23F2N3O6S/c1-19(2,3)30-17(25)22-10-13-11-24(18(26)29-13)12-8-14(20)16(15(21)9-12)23-4-6-31(27,28)7-5-23/h4,6,8-9,13H,5,7,10-11H2,1-3H3,(H,22,25). The number of amides is 2. The number of carbonyl (C=O) groups is 2. The summed E-state index contributed by atoms with van der Waals surface area (Å²) < 4.78 is 62.5. The van der Waals surface area contributed by atoms with Gasteiger partial charge >= 0.3 is 12.2 Å². The summed E-state index contributed by atoms with van der Waals surface area (Å²) in [6.45, 7) is 4.94. The lowest BCUT2D eigenvalue weighted by Crippen LogP contribution is -2.38. The quantitative estimate of drug-likeness (QED) is 0.738. The van der Waals surface area contributed by atoms with Gasteiger partial charge in [-0.05, 0) is 20.8 Å². The van der Waals surface area contributed by atoms with Crippen LogP contribution in [0.3, 0.4) is 0 Å². The Balaban J connectivity index is 1.69. The van der Waals surface area contributed by atoms with E-state index in [0.29, 0.717) is 0 Å². The van der Waals surface area contributed by atoms with Crippen LogP contribution in [0.25, 0.3) is 0 Å². The molecule has 12 heteroatoms. The number of alkyl carbamates (subject to hydrolysis) is 1. The van der Waals surface area contributed by atoms with Gasteiger partial charge < -0.3 is 19.7 Å². The summed E-state index contributed by atoms with van der Waals surface area (Å²) in [7, 11) is -3.38. The third-order valence-corrected chi connectivity index (χ3v) is 5.70. The van der Waals surface area contributed by atoms with Crippen LogP contribution in [0.5, 0.6) is 0 Å². The normalized spacial score (nSPS) is 20.5. The van der Waals surface area contributed by atoms with Crippen LogP contribution >= 0.6 is 0 Å². The number of rotatable bonds is 4. The van der Waals surface area contributed by atoms with Crippen LogP contribution in [0.15, 0.2) is 23.7 Å². The molecule has 1 atom stereocenters. The van der Waals surface area contributed by atoms with Gasteiger partial charge in [-0.15, -0.1) is 0 Å². The molecule has 0 radical (unpaired) electrons. The molecule has 0 saturated carbocycles. The van der Waals surface area contributed by atoms with Gasteiger partial charge in [0.15, 0.2) is 21.5 Å². The van der Waals surface area contributed by atoms with Crippen molar-refractivity contribution < 1.29 is 36.3 Å². The molecule has 3 rings (SSSR count). The summed E-state index contributed by atoms with van der Waals surface area (Å²) in [6, 6.07) is 1.95. The first kappa shape index (κ1) is 22.8. The molecular weight excluding hydrogens is 436 g/mol. The summed E-state index contributed by atoms with van der Waals surface area (Å²) in [6.07, 6.45) is -1.13. The molecule has 1 aromatic carbocycles. The Morgan fingerprint density at radius 3 is 2.48 bits per heavy atom. The highest BCUT2D eigenvalue weighted by atomic mass is 32.2. The minimum Gasteiger partial charge on any atom is -0.444 e. The van der Waals surface area contributed by atoms with E-state index in [0.717, 1.165) is 33.5 Å². The smallest absolute Gasteiger partial charge is 0.414 e. The second kappa shape index (κ2) is 8.33. The summed E-state index contributed by atoms with van der Waals surface area (Å²) in [4.78, 5) is 26.1. The average Bonchev–Trinajstić information content (AvgIpc) is 3.00. The van der Waals surface area contributed by atoms with E-state index in [1.165, 1.54) is 0 Å². The number of ether oxygens (including phenoxy) is 2. The van der Waals surface area contributed by atoms with Crippen molar-refractivity contribution in [3.8, 4) is 0 Å². The van der Waals surface area contributed by atoms with Gasteiger partial charge in [-0.25, -0.2) is 26.8 Å². The van der Waals surface area contributed by atoms with Crippen LogP contribution in [-0.4, -0.2) is 57.7 Å². The zero-order valence-corrected chi connectivity index (χ0v) is 18.0. The molecule has 1 fully saturated rings. The van der Waals surface area contributed by atoms with Gasteiger partial charge in [0.05, 0.1) is 24.5 Å². The van der Waals surface area contributed by atoms with E-state index in [4.69, 9.17) is 9.47 Å². The third-order valence-electron chi connectivity index (χ3n) is 4.41. The van der Waals surface area contributed by atoms with Crippen LogP contribution < -0.4 is 15.1 Å². The van der Waals surface area contributed by atoms with Crippen molar-refractivity contribution in [1.29, 1.82) is 0 Å². The number of carbonyl (C=O) groups excluding carboxylic acids is 2. The Labute approximate surface area is 178 Å². The summed E-state index contributed by atoms with van der Waals surface area (Å²) >= 11 is 0. The minimum absolute atomic E-state index is 0.0330. The number of halogens is 2. The van der Waals surface area contributed by atoms with Gasteiger partial charge in [0, 0.05) is 30.3 Å². The maximum absolute atomic E-state index is 14.7. The first-order valence-corrected chi connectivity index (χ1v) is 11.2. The number of nitrogens with one attached hydrogen (secondary N) is 1. The molecule has 0 aromatic heterocycles. The van der Waals surface area contributed by atoms with E-state index >= 15 is 0 Å². The summed E-state index contributed by atoms with van der Waals surface area (Å²) in [5, 5.41) is 3.37. The number of hydrogen-bond donors (Lipinski definition) is 1. The molecule has 2 aliphatic rings. The molecule has 9 nitrogen and oxygen atoms in total. The SMILES string of the molecule is CC(C)(C)OC(=O)NCC1CN(c2cc(F)c(N3C=CS(=O)(=O)CC3)c(F)c2)C(=O)O1. The van der Waals surface area contributed by atoms with Crippen LogP contribution in [0.2, 0.25) is 0 Å². The highest BCUT2D eigenvalue weighted by Crippen LogP contribution is 2.32. The molecule has 1 aromatic rings. The molecule has 31 heavy (non-hydrogen) atoms. The van der Waals surface area contributed by atoms with Gasteiger partial charge in [-0.3, -0.25) is 4.90 Å². The molecule has 0 bridgehead atoms. The highest BCUT2D eigenvalue weighted by molar-refractivity contribution is 7.94. The second-order valence-electron chi connectivity index (χ2n) is 8.10.